The molecule has 2 aromatic heterocycles. The number of furan rings is 1. The summed E-state index contributed by atoms with van der Waals surface area (Å²) in [5, 5.41) is 12.6. The lowest BCUT2D eigenvalue weighted by Gasteiger charge is -2.36. The standard InChI is InChI=1S/C30H37N3O7S/c1-19-4-6-21(7-5-19)27-26(28(36)31-2)23-16-22(20-8-9-20)24(33-29(23)40-27)18-41(37,38)32-13-3-10-30(17-25(34)35)11-14-39-15-12-30/h4-7,16,20,32H,3,8-15,17-18H2,1-2H3,(H,31,36)(H,34,35). The summed E-state index contributed by atoms with van der Waals surface area (Å²) in [5.74, 6) is -0.856. The van der Waals surface area contributed by atoms with Crippen LogP contribution in [0.25, 0.3) is 22.4 Å². The molecule has 0 unspecified atom stereocenters. The van der Waals surface area contributed by atoms with E-state index >= 15 is 0 Å². The van der Waals surface area contributed by atoms with Crippen molar-refractivity contribution in [2.24, 2.45) is 5.41 Å². The first kappa shape index (κ1) is 29.2. The predicted molar refractivity (Wildman–Crippen MR) is 154 cm³/mol. The van der Waals surface area contributed by atoms with Gasteiger partial charge in [0.15, 0.2) is 0 Å². The number of nitrogens with one attached hydrogen (secondary N) is 2. The minimum atomic E-state index is -3.73. The summed E-state index contributed by atoms with van der Waals surface area (Å²) >= 11 is 0. The van der Waals surface area contributed by atoms with Gasteiger partial charge in [0.2, 0.25) is 15.7 Å². The number of nitrogens with zero attached hydrogens (tertiary/aromatic N) is 1. The first-order valence-corrected chi connectivity index (χ1v) is 15.8. The van der Waals surface area contributed by atoms with E-state index in [0.29, 0.717) is 61.3 Å². The molecule has 1 aliphatic carbocycles. The highest BCUT2D eigenvalue weighted by molar-refractivity contribution is 7.88. The molecule has 0 atom stereocenters. The minimum Gasteiger partial charge on any atom is -0.481 e. The highest BCUT2D eigenvalue weighted by Gasteiger charge is 2.35. The molecule has 0 radical (unpaired) electrons. The highest BCUT2D eigenvalue weighted by atomic mass is 32.2. The molecule has 11 heteroatoms. The fourth-order valence-corrected chi connectivity index (χ4v) is 6.91. The number of aryl methyl sites for hydroxylation is 1. The first-order valence-electron chi connectivity index (χ1n) is 14.1. The van der Waals surface area contributed by atoms with E-state index < -0.39 is 16.0 Å². The van der Waals surface area contributed by atoms with Crippen LogP contribution in [0.3, 0.4) is 0 Å². The molecule has 1 saturated heterocycles. The van der Waals surface area contributed by atoms with Crippen LogP contribution in [0.2, 0.25) is 0 Å². The number of hydrogen-bond donors (Lipinski definition) is 3. The van der Waals surface area contributed by atoms with Crippen LogP contribution in [-0.2, 0) is 25.3 Å². The van der Waals surface area contributed by atoms with Crippen molar-refractivity contribution >= 4 is 33.0 Å². The van der Waals surface area contributed by atoms with Crippen LogP contribution in [0.5, 0.6) is 0 Å². The summed E-state index contributed by atoms with van der Waals surface area (Å²) in [4.78, 5) is 29.1. The van der Waals surface area contributed by atoms with E-state index in [2.05, 4.69) is 15.0 Å². The molecule has 3 N–H and O–H groups in total. The van der Waals surface area contributed by atoms with E-state index in [0.717, 1.165) is 29.5 Å². The van der Waals surface area contributed by atoms with Gasteiger partial charge in [-0.05, 0) is 68.4 Å². The van der Waals surface area contributed by atoms with Gasteiger partial charge in [-0.25, -0.2) is 18.1 Å². The fraction of sp³-hybridized carbons (Fsp3) is 0.500. The summed E-state index contributed by atoms with van der Waals surface area (Å²) in [7, 11) is -2.17. The van der Waals surface area contributed by atoms with E-state index in [9.17, 15) is 23.1 Å². The van der Waals surface area contributed by atoms with E-state index in [1.807, 2.05) is 37.3 Å². The topological polar surface area (TPSA) is 148 Å². The van der Waals surface area contributed by atoms with Crippen LogP contribution >= 0.6 is 0 Å². The fourth-order valence-electron chi connectivity index (χ4n) is 5.76. The largest absolute Gasteiger partial charge is 0.481 e. The van der Waals surface area contributed by atoms with Crippen molar-refractivity contribution in [3.05, 3.63) is 52.7 Å². The number of rotatable bonds is 12. The third kappa shape index (κ3) is 6.79. The van der Waals surface area contributed by atoms with Crippen molar-refractivity contribution in [2.45, 2.75) is 63.5 Å². The number of carboxylic acids is 1. The van der Waals surface area contributed by atoms with Crippen molar-refractivity contribution < 1.29 is 32.3 Å². The molecule has 0 bridgehead atoms. The second-order valence-corrected chi connectivity index (χ2v) is 13.1. The number of hydrogen-bond acceptors (Lipinski definition) is 7. The number of carbonyl (C=O) groups excluding carboxylic acids is 1. The number of aromatic nitrogens is 1. The second-order valence-electron chi connectivity index (χ2n) is 11.3. The molecule has 41 heavy (non-hydrogen) atoms. The van der Waals surface area contributed by atoms with Gasteiger partial charge in [-0.15, -0.1) is 0 Å². The normalized spacial score (nSPS) is 17.0. The van der Waals surface area contributed by atoms with Crippen molar-refractivity contribution in [1.29, 1.82) is 0 Å². The Hall–Kier alpha value is -3.28. The number of amides is 1. The molecular weight excluding hydrogens is 546 g/mol. The maximum Gasteiger partial charge on any atom is 0.303 e. The lowest BCUT2D eigenvalue weighted by atomic mass is 9.74. The van der Waals surface area contributed by atoms with Crippen LogP contribution < -0.4 is 10.0 Å². The van der Waals surface area contributed by atoms with Gasteiger partial charge in [-0.1, -0.05) is 29.8 Å². The summed E-state index contributed by atoms with van der Waals surface area (Å²) in [5.41, 5.74) is 3.31. The van der Waals surface area contributed by atoms with E-state index in [1.165, 1.54) is 0 Å². The van der Waals surface area contributed by atoms with Gasteiger partial charge in [0.1, 0.15) is 11.5 Å². The maximum absolute atomic E-state index is 13.2. The number of ether oxygens (including phenoxy) is 1. The first-order chi connectivity index (χ1) is 19.6. The second kappa shape index (κ2) is 11.9. The Morgan fingerprint density at radius 1 is 1.15 bits per heavy atom. The van der Waals surface area contributed by atoms with Gasteiger partial charge < -0.3 is 19.6 Å². The zero-order chi connectivity index (χ0) is 29.2. The summed E-state index contributed by atoms with van der Waals surface area (Å²) in [6, 6.07) is 9.52. The number of pyridine rings is 1. The lowest BCUT2D eigenvalue weighted by molar-refractivity contribution is -0.141. The number of fused-ring (bicyclic) bond motifs is 1. The summed E-state index contributed by atoms with van der Waals surface area (Å²) in [6.45, 7) is 3.24. The van der Waals surface area contributed by atoms with Gasteiger partial charge in [0, 0.05) is 32.4 Å². The van der Waals surface area contributed by atoms with E-state index in [4.69, 9.17) is 9.15 Å². The van der Waals surface area contributed by atoms with Crippen molar-refractivity contribution in [1.82, 2.24) is 15.0 Å². The smallest absolute Gasteiger partial charge is 0.303 e. The molecule has 3 heterocycles. The Morgan fingerprint density at radius 3 is 2.49 bits per heavy atom. The Kier molecular flexibility index (Phi) is 8.49. The lowest BCUT2D eigenvalue weighted by Crippen LogP contribution is -2.33. The monoisotopic (exact) mass is 583 g/mol. The van der Waals surface area contributed by atoms with Gasteiger partial charge in [-0.2, -0.15) is 0 Å². The molecule has 1 aromatic carbocycles. The number of sulfonamides is 1. The van der Waals surface area contributed by atoms with Crippen LogP contribution in [0.4, 0.5) is 0 Å². The SMILES string of the molecule is CNC(=O)c1c(-c2ccc(C)cc2)oc2nc(CS(=O)(=O)NCCCC3(CC(=O)O)CCOCC3)c(C3CC3)cc12. The third-order valence-corrected chi connectivity index (χ3v) is 9.49. The molecule has 2 fully saturated rings. The van der Waals surface area contributed by atoms with Crippen LogP contribution in [-0.4, -0.2) is 57.2 Å². The Morgan fingerprint density at radius 2 is 1.85 bits per heavy atom. The molecule has 5 rings (SSSR count). The zero-order valence-electron chi connectivity index (χ0n) is 23.5. The molecule has 1 aliphatic heterocycles. The molecule has 0 spiro atoms. The quantitative estimate of drug-likeness (QED) is 0.264. The molecule has 3 aromatic rings. The maximum atomic E-state index is 13.2. The third-order valence-electron chi connectivity index (χ3n) is 8.19. The van der Waals surface area contributed by atoms with E-state index in [1.54, 1.807) is 7.05 Å². The zero-order valence-corrected chi connectivity index (χ0v) is 24.3. The number of carboxylic acid groups (broad SMARTS) is 1. The number of carbonyl (C=O) groups is 2. The van der Waals surface area contributed by atoms with Gasteiger partial charge >= 0.3 is 5.97 Å². The van der Waals surface area contributed by atoms with Crippen molar-refractivity contribution in [3.63, 3.8) is 0 Å². The molecule has 2 aliphatic rings. The van der Waals surface area contributed by atoms with Gasteiger partial charge in [0.05, 0.1) is 23.1 Å². The number of aliphatic carboxylic acids is 1. The van der Waals surface area contributed by atoms with Crippen LogP contribution in [0, 0.1) is 12.3 Å². The Balaban J connectivity index is 1.37. The molecule has 10 nitrogen and oxygen atoms in total. The molecule has 1 saturated carbocycles. The summed E-state index contributed by atoms with van der Waals surface area (Å²) < 4.78 is 40.5. The molecule has 220 valence electrons. The molecular formula is C30H37N3O7S. The highest BCUT2D eigenvalue weighted by Crippen LogP contribution is 2.44. The van der Waals surface area contributed by atoms with Crippen molar-refractivity contribution in [2.75, 3.05) is 26.8 Å². The van der Waals surface area contributed by atoms with Crippen LogP contribution in [0.1, 0.15) is 78.0 Å². The van der Waals surface area contributed by atoms with Gasteiger partial charge in [0.25, 0.3) is 5.91 Å². The predicted octanol–water partition coefficient (Wildman–Crippen LogP) is 4.51. The Bertz CT molecular complexity index is 1540. The minimum absolute atomic E-state index is 0.0591. The average molecular weight is 584 g/mol. The van der Waals surface area contributed by atoms with Crippen LogP contribution in [0.15, 0.2) is 34.7 Å². The Labute approximate surface area is 239 Å². The number of benzene rings is 1. The van der Waals surface area contributed by atoms with Gasteiger partial charge in [-0.3, -0.25) is 9.59 Å². The van der Waals surface area contributed by atoms with Crippen molar-refractivity contribution in [3.8, 4) is 11.3 Å². The average Bonchev–Trinajstić information content (AvgIpc) is 3.71. The summed E-state index contributed by atoms with van der Waals surface area (Å²) in [6.07, 6.45) is 4.38. The van der Waals surface area contributed by atoms with E-state index in [-0.39, 0.29) is 41.7 Å². The molecule has 1 amide bonds.